The van der Waals surface area contributed by atoms with Crippen molar-refractivity contribution in [3.05, 3.63) is 29.3 Å². The summed E-state index contributed by atoms with van der Waals surface area (Å²) in [6.45, 7) is 17.7. The molecule has 0 spiro atoms. The minimum absolute atomic E-state index is 0.165. The van der Waals surface area contributed by atoms with E-state index in [0.717, 1.165) is 13.1 Å². The monoisotopic (exact) mass is 276 g/mol. The van der Waals surface area contributed by atoms with Crippen LogP contribution in [-0.4, -0.2) is 18.1 Å². The fourth-order valence-electron chi connectivity index (χ4n) is 2.41. The number of rotatable bonds is 6. The topological polar surface area (TPSA) is 15.3 Å². The van der Waals surface area contributed by atoms with Crippen molar-refractivity contribution in [2.45, 2.75) is 73.0 Å². The average Bonchev–Trinajstić information content (AvgIpc) is 2.33. The van der Waals surface area contributed by atoms with Gasteiger partial charge >= 0.3 is 0 Å². The standard InChI is InChI=1S/C18H32N2/c1-8-11-20(14(2)3)17-10-9-16(12-15(17)4)13-19-18(5,6)7/h9-10,12,14,19H,8,11,13H2,1-7H3. The molecule has 0 saturated carbocycles. The molecule has 1 aromatic rings. The zero-order valence-corrected chi connectivity index (χ0v) is 14.4. The second-order valence-electron chi connectivity index (χ2n) is 7.01. The average molecular weight is 276 g/mol. The van der Waals surface area contributed by atoms with Gasteiger partial charge in [0.05, 0.1) is 0 Å². The Hall–Kier alpha value is -1.02. The molecule has 0 aromatic heterocycles. The Labute approximate surface area is 125 Å². The summed E-state index contributed by atoms with van der Waals surface area (Å²) in [5, 5.41) is 3.55. The van der Waals surface area contributed by atoms with Crippen LogP contribution in [0.2, 0.25) is 0 Å². The van der Waals surface area contributed by atoms with Crippen LogP contribution >= 0.6 is 0 Å². The van der Waals surface area contributed by atoms with Crippen LogP contribution in [0.4, 0.5) is 5.69 Å². The van der Waals surface area contributed by atoms with E-state index in [9.17, 15) is 0 Å². The molecule has 0 bridgehead atoms. The second kappa shape index (κ2) is 7.12. The Balaban J connectivity index is 2.86. The molecule has 0 heterocycles. The van der Waals surface area contributed by atoms with Crippen molar-refractivity contribution in [1.82, 2.24) is 5.32 Å². The molecular formula is C18H32N2. The zero-order valence-electron chi connectivity index (χ0n) is 14.4. The molecule has 1 N–H and O–H groups in total. The summed E-state index contributed by atoms with van der Waals surface area (Å²) in [7, 11) is 0. The smallest absolute Gasteiger partial charge is 0.0398 e. The quantitative estimate of drug-likeness (QED) is 0.822. The van der Waals surface area contributed by atoms with Crippen LogP contribution < -0.4 is 10.2 Å². The van der Waals surface area contributed by atoms with E-state index < -0.39 is 0 Å². The molecule has 0 unspecified atom stereocenters. The molecule has 20 heavy (non-hydrogen) atoms. The van der Waals surface area contributed by atoms with Crippen LogP contribution in [0.1, 0.15) is 59.1 Å². The minimum Gasteiger partial charge on any atom is -0.369 e. The molecule has 2 heteroatoms. The van der Waals surface area contributed by atoms with E-state index in [2.05, 4.69) is 76.9 Å². The summed E-state index contributed by atoms with van der Waals surface area (Å²) in [6, 6.07) is 7.41. The maximum atomic E-state index is 3.55. The third kappa shape index (κ3) is 5.16. The molecular weight excluding hydrogens is 244 g/mol. The van der Waals surface area contributed by atoms with Crippen LogP contribution in [0.15, 0.2) is 18.2 Å². The van der Waals surface area contributed by atoms with Gasteiger partial charge in [-0.25, -0.2) is 0 Å². The van der Waals surface area contributed by atoms with Gasteiger partial charge in [0.1, 0.15) is 0 Å². The first-order valence-corrected chi connectivity index (χ1v) is 7.85. The van der Waals surface area contributed by atoms with Gasteiger partial charge in [-0.3, -0.25) is 0 Å². The molecule has 0 aliphatic carbocycles. The Kier molecular flexibility index (Phi) is 6.07. The van der Waals surface area contributed by atoms with Gasteiger partial charge in [0, 0.05) is 30.4 Å². The SMILES string of the molecule is CCCN(c1ccc(CNC(C)(C)C)cc1C)C(C)C. The van der Waals surface area contributed by atoms with Gasteiger partial charge in [-0.15, -0.1) is 0 Å². The van der Waals surface area contributed by atoms with Crippen LogP contribution in [0.3, 0.4) is 0 Å². The number of hydrogen-bond donors (Lipinski definition) is 1. The van der Waals surface area contributed by atoms with Gasteiger partial charge in [-0.1, -0.05) is 19.1 Å². The highest BCUT2D eigenvalue weighted by molar-refractivity contribution is 5.55. The Morgan fingerprint density at radius 3 is 2.30 bits per heavy atom. The maximum Gasteiger partial charge on any atom is 0.0398 e. The first-order chi connectivity index (χ1) is 9.24. The van der Waals surface area contributed by atoms with Crippen molar-refractivity contribution in [2.24, 2.45) is 0 Å². The number of aryl methyl sites for hydroxylation is 1. The molecule has 0 atom stereocenters. The Morgan fingerprint density at radius 1 is 1.20 bits per heavy atom. The molecule has 1 rings (SSSR count). The van der Waals surface area contributed by atoms with Crippen molar-refractivity contribution < 1.29 is 0 Å². The first-order valence-electron chi connectivity index (χ1n) is 7.85. The normalized spacial score (nSPS) is 12.0. The maximum absolute atomic E-state index is 3.55. The van der Waals surface area contributed by atoms with Crippen LogP contribution in [0.5, 0.6) is 0 Å². The summed E-state index contributed by atoms with van der Waals surface area (Å²) in [5.41, 5.74) is 4.28. The fourth-order valence-corrected chi connectivity index (χ4v) is 2.41. The summed E-state index contributed by atoms with van der Waals surface area (Å²) in [6.07, 6.45) is 1.19. The van der Waals surface area contributed by atoms with Crippen LogP contribution in [0.25, 0.3) is 0 Å². The summed E-state index contributed by atoms with van der Waals surface area (Å²) in [5.74, 6) is 0. The van der Waals surface area contributed by atoms with Crippen molar-refractivity contribution in [2.75, 3.05) is 11.4 Å². The van der Waals surface area contributed by atoms with E-state index in [1.807, 2.05) is 0 Å². The number of benzene rings is 1. The van der Waals surface area contributed by atoms with E-state index in [-0.39, 0.29) is 5.54 Å². The largest absolute Gasteiger partial charge is 0.369 e. The predicted octanol–water partition coefficient (Wildman–Crippen LogP) is 4.51. The molecule has 0 aliphatic heterocycles. The summed E-state index contributed by atoms with van der Waals surface area (Å²) in [4.78, 5) is 2.50. The lowest BCUT2D eigenvalue weighted by Crippen LogP contribution is -2.35. The predicted molar refractivity (Wildman–Crippen MR) is 90.5 cm³/mol. The molecule has 1 aromatic carbocycles. The molecule has 114 valence electrons. The van der Waals surface area contributed by atoms with E-state index in [1.54, 1.807) is 0 Å². The van der Waals surface area contributed by atoms with E-state index in [0.29, 0.717) is 6.04 Å². The van der Waals surface area contributed by atoms with Gasteiger partial charge < -0.3 is 10.2 Å². The van der Waals surface area contributed by atoms with E-state index in [4.69, 9.17) is 0 Å². The van der Waals surface area contributed by atoms with Crippen molar-refractivity contribution in [3.63, 3.8) is 0 Å². The first kappa shape index (κ1) is 17.0. The van der Waals surface area contributed by atoms with Gasteiger partial charge in [0.25, 0.3) is 0 Å². The minimum atomic E-state index is 0.165. The molecule has 0 saturated heterocycles. The van der Waals surface area contributed by atoms with E-state index in [1.165, 1.54) is 23.2 Å². The molecule has 0 amide bonds. The highest BCUT2D eigenvalue weighted by Crippen LogP contribution is 2.24. The van der Waals surface area contributed by atoms with Crippen molar-refractivity contribution in [1.29, 1.82) is 0 Å². The highest BCUT2D eigenvalue weighted by Gasteiger charge is 2.13. The number of nitrogens with one attached hydrogen (secondary N) is 1. The lowest BCUT2D eigenvalue weighted by atomic mass is 10.1. The lowest BCUT2D eigenvalue weighted by molar-refractivity contribution is 0.424. The molecule has 0 radical (unpaired) electrons. The molecule has 0 fully saturated rings. The number of anilines is 1. The third-order valence-corrected chi connectivity index (χ3v) is 3.48. The highest BCUT2D eigenvalue weighted by atomic mass is 15.1. The van der Waals surface area contributed by atoms with Crippen LogP contribution in [0, 0.1) is 6.92 Å². The van der Waals surface area contributed by atoms with Crippen LogP contribution in [-0.2, 0) is 6.54 Å². The molecule has 0 aliphatic rings. The second-order valence-corrected chi connectivity index (χ2v) is 7.01. The Bertz CT molecular complexity index is 416. The van der Waals surface area contributed by atoms with Crippen molar-refractivity contribution in [3.8, 4) is 0 Å². The summed E-state index contributed by atoms with van der Waals surface area (Å²) < 4.78 is 0. The van der Waals surface area contributed by atoms with Gasteiger partial charge in [0.15, 0.2) is 0 Å². The van der Waals surface area contributed by atoms with Crippen molar-refractivity contribution >= 4 is 5.69 Å². The Morgan fingerprint density at radius 2 is 1.85 bits per heavy atom. The number of nitrogens with zero attached hydrogens (tertiary/aromatic N) is 1. The third-order valence-electron chi connectivity index (χ3n) is 3.48. The molecule has 2 nitrogen and oxygen atoms in total. The van der Waals surface area contributed by atoms with Gasteiger partial charge in [-0.2, -0.15) is 0 Å². The zero-order chi connectivity index (χ0) is 15.3. The van der Waals surface area contributed by atoms with E-state index >= 15 is 0 Å². The lowest BCUT2D eigenvalue weighted by Gasteiger charge is -2.30. The summed E-state index contributed by atoms with van der Waals surface area (Å²) >= 11 is 0. The van der Waals surface area contributed by atoms with Gasteiger partial charge in [-0.05, 0) is 65.2 Å². The van der Waals surface area contributed by atoms with Gasteiger partial charge in [0.2, 0.25) is 0 Å². The number of hydrogen-bond acceptors (Lipinski definition) is 2. The fraction of sp³-hybridized carbons (Fsp3) is 0.667.